The number of nitrogens with one attached hydrogen (secondary N) is 1. The van der Waals surface area contributed by atoms with Crippen molar-refractivity contribution in [3.8, 4) is 16.9 Å². The van der Waals surface area contributed by atoms with Gasteiger partial charge in [0.2, 0.25) is 11.8 Å². The van der Waals surface area contributed by atoms with E-state index in [0.717, 1.165) is 75.1 Å². The lowest BCUT2D eigenvalue weighted by Crippen LogP contribution is -2.35. The number of hydrogen-bond donors (Lipinski definition) is 1. The van der Waals surface area contributed by atoms with Crippen molar-refractivity contribution < 1.29 is 14.3 Å². The molecule has 2 saturated heterocycles. The van der Waals surface area contributed by atoms with Gasteiger partial charge in [-0.1, -0.05) is 49.7 Å². The van der Waals surface area contributed by atoms with Gasteiger partial charge in [-0.2, -0.15) is 0 Å². The van der Waals surface area contributed by atoms with Gasteiger partial charge in [-0.3, -0.25) is 19.5 Å². The van der Waals surface area contributed by atoms with Gasteiger partial charge in [0.15, 0.2) is 0 Å². The number of rotatable bonds is 5. The summed E-state index contributed by atoms with van der Waals surface area (Å²) in [5.41, 5.74) is 2.56. The third-order valence-electron chi connectivity index (χ3n) is 8.71. The van der Waals surface area contributed by atoms with E-state index in [1.54, 1.807) is 17.5 Å². The highest BCUT2D eigenvalue weighted by Gasteiger charge is 2.72. The molecule has 2 aromatic heterocycles. The molecule has 4 aromatic rings. The van der Waals surface area contributed by atoms with Crippen molar-refractivity contribution in [3.05, 3.63) is 58.6 Å². The molecular formula is C31H30ClN3O3S. The highest BCUT2D eigenvalue weighted by atomic mass is 35.5. The van der Waals surface area contributed by atoms with Crippen molar-refractivity contribution in [2.45, 2.75) is 45.8 Å². The Kier molecular flexibility index (Phi) is 5.95. The number of fused-ring (bicyclic) bond motifs is 3. The lowest BCUT2D eigenvalue weighted by molar-refractivity contribution is -0.143. The summed E-state index contributed by atoms with van der Waals surface area (Å²) >= 11 is 8.41. The largest absolute Gasteiger partial charge is 0.489 e. The van der Waals surface area contributed by atoms with E-state index >= 15 is 0 Å². The first-order chi connectivity index (χ1) is 18.8. The average molecular weight is 560 g/mol. The second-order valence-corrected chi connectivity index (χ2v) is 13.1. The van der Waals surface area contributed by atoms with Crippen LogP contribution in [0.25, 0.3) is 32.1 Å². The molecule has 1 saturated carbocycles. The van der Waals surface area contributed by atoms with E-state index in [2.05, 4.69) is 16.4 Å². The number of benzene rings is 2. The molecule has 0 spiro atoms. The summed E-state index contributed by atoms with van der Waals surface area (Å²) in [6.45, 7) is 6.25. The van der Waals surface area contributed by atoms with Gasteiger partial charge in [-0.05, 0) is 56.0 Å². The molecule has 0 bridgehead atoms. The minimum Gasteiger partial charge on any atom is -0.489 e. The number of likely N-dealkylation sites (tertiary alicyclic amines) is 1. The SMILES string of the molecule is CC1(C)C2C(=O)N(Cc3cc4nccc(-c5cc(Cl)c6ccccc6c5OC5CCCNCC5)c4s3)C(=O)C21. The first-order valence-corrected chi connectivity index (χ1v) is 14.9. The van der Waals surface area contributed by atoms with E-state index in [1.807, 2.05) is 50.2 Å². The number of carbonyl (C=O) groups excluding carboxylic acids is 2. The standard InChI is InChI=1S/C31H30ClN3O3S/c1-31(2)25-26(31)30(37)35(29(25)36)16-18-14-24-28(39-18)21(10-13-34-24)22-15-23(32)19-7-3-4-8-20(19)27(22)38-17-6-5-11-33-12-9-17/h3-4,7-8,10,13-15,17,25-26,33H,5-6,9,11-12,16H2,1-2H3. The molecule has 6 nitrogen and oxygen atoms in total. The van der Waals surface area contributed by atoms with Crippen molar-refractivity contribution >= 4 is 55.7 Å². The summed E-state index contributed by atoms with van der Waals surface area (Å²) in [6.07, 6.45) is 4.94. The summed E-state index contributed by atoms with van der Waals surface area (Å²) < 4.78 is 7.80. The van der Waals surface area contributed by atoms with E-state index in [0.29, 0.717) is 5.02 Å². The minimum absolute atomic E-state index is 0.0458. The second-order valence-electron chi connectivity index (χ2n) is 11.5. The van der Waals surface area contributed by atoms with Crippen LogP contribution in [0, 0.1) is 17.3 Å². The number of hydrogen-bond acceptors (Lipinski definition) is 6. The van der Waals surface area contributed by atoms with Crippen LogP contribution in [0.4, 0.5) is 0 Å². The van der Waals surface area contributed by atoms with E-state index < -0.39 is 0 Å². The Hall–Kier alpha value is -3.00. The molecule has 2 aliphatic heterocycles. The van der Waals surface area contributed by atoms with Crippen molar-refractivity contribution in [1.29, 1.82) is 0 Å². The van der Waals surface area contributed by atoms with E-state index in [-0.39, 0.29) is 41.7 Å². The first-order valence-electron chi connectivity index (χ1n) is 13.7. The topological polar surface area (TPSA) is 71.5 Å². The number of amides is 2. The number of aromatic nitrogens is 1. The normalized spacial score (nSPS) is 24.3. The Morgan fingerprint density at radius 3 is 2.62 bits per heavy atom. The fraction of sp³-hybridized carbons (Fsp3) is 0.387. The molecule has 4 heterocycles. The quantitative estimate of drug-likeness (QED) is 0.285. The Bertz CT molecular complexity index is 1620. The Labute approximate surface area is 236 Å². The molecule has 3 unspecified atom stereocenters. The fourth-order valence-electron chi connectivity index (χ4n) is 6.50. The van der Waals surface area contributed by atoms with Crippen LogP contribution in [0.1, 0.15) is 38.0 Å². The maximum absolute atomic E-state index is 13.0. The number of thiophene rings is 1. The fourth-order valence-corrected chi connectivity index (χ4v) is 7.90. The molecule has 7 rings (SSSR count). The summed E-state index contributed by atoms with van der Waals surface area (Å²) in [7, 11) is 0. The molecule has 39 heavy (non-hydrogen) atoms. The smallest absolute Gasteiger partial charge is 0.234 e. The van der Waals surface area contributed by atoms with Gasteiger partial charge in [-0.15, -0.1) is 11.3 Å². The van der Waals surface area contributed by atoms with Gasteiger partial charge in [0.25, 0.3) is 0 Å². The molecule has 1 aliphatic carbocycles. The molecule has 3 fully saturated rings. The second kappa shape index (κ2) is 9.29. The van der Waals surface area contributed by atoms with E-state index in [1.165, 1.54) is 4.90 Å². The molecule has 200 valence electrons. The Morgan fingerprint density at radius 1 is 1.05 bits per heavy atom. The Balaban J connectivity index is 1.30. The van der Waals surface area contributed by atoms with Gasteiger partial charge in [0.1, 0.15) is 11.9 Å². The molecule has 3 aliphatic rings. The van der Waals surface area contributed by atoms with Gasteiger partial charge in [0.05, 0.1) is 28.6 Å². The monoisotopic (exact) mass is 559 g/mol. The number of pyridine rings is 1. The van der Waals surface area contributed by atoms with Gasteiger partial charge in [0, 0.05) is 38.0 Å². The molecule has 1 N–H and O–H groups in total. The van der Waals surface area contributed by atoms with Crippen molar-refractivity contribution in [2.75, 3.05) is 13.1 Å². The maximum atomic E-state index is 13.0. The zero-order valence-electron chi connectivity index (χ0n) is 22.0. The van der Waals surface area contributed by atoms with Crippen LogP contribution >= 0.6 is 22.9 Å². The van der Waals surface area contributed by atoms with Gasteiger partial charge >= 0.3 is 0 Å². The van der Waals surface area contributed by atoms with Gasteiger partial charge < -0.3 is 10.1 Å². The molecular weight excluding hydrogens is 530 g/mol. The van der Waals surface area contributed by atoms with Gasteiger partial charge in [-0.25, -0.2) is 0 Å². The lowest BCUT2D eigenvalue weighted by atomic mass is 9.99. The van der Waals surface area contributed by atoms with Crippen LogP contribution < -0.4 is 10.1 Å². The van der Waals surface area contributed by atoms with Crippen molar-refractivity contribution in [1.82, 2.24) is 15.2 Å². The predicted molar refractivity (Wildman–Crippen MR) is 155 cm³/mol. The number of piperidine rings is 1. The zero-order valence-corrected chi connectivity index (χ0v) is 23.6. The summed E-state index contributed by atoms with van der Waals surface area (Å²) in [6, 6.07) is 14.1. The molecule has 2 amide bonds. The lowest BCUT2D eigenvalue weighted by Gasteiger charge is -2.22. The number of nitrogens with zero attached hydrogens (tertiary/aromatic N) is 2. The van der Waals surface area contributed by atoms with Crippen molar-refractivity contribution in [3.63, 3.8) is 0 Å². The molecule has 2 aromatic carbocycles. The third-order valence-corrected chi connectivity index (χ3v) is 10.2. The summed E-state index contributed by atoms with van der Waals surface area (Å²) in [5.74, 6) is 0.404. The maximum Gasteiger partial charge on any atom is 0.234 e. The van der Waals surface area contributed by atoms with Crippen molar-refractivity contribution in [2.24, 2.45) is 17.3 Å². The van der Waals surface area contributed by atoms with Crippen LogP contribution in [0.15, 0.2) is 48.7 Å². The number of carbonyl (C=O) groups is 2. The molecule has 8 heteroatoms. The summed E-state index contributed by atoms with van der Waals surface area (Å²) in [4.78, 5) is 32.9. The minimum atomic E-state index is -0.210. The van der Waals surface area contributed by atoms with E-state index in [4.69, 9.17) is 16.3 Å². The Morgan fingerprint density at radius 2 is 1.82 bits per heavy atom. The summed E-state index contributed by atoms with van der Waals surface area (Å²) in [5, 5.41) is 6.10. The first kappa shape index (κ1) is 25.0. The van der Waals surface area contributed by atoms with Crippen LogP contribution in [0.5, 0.6) is 5.75 Å². The third kappa shape index (κ3) is 4.05. The van der Waals surface area contributed by atoms with Crippen LogP contribution in [0.2, 0.25) is 5.02 Å². The number of ether oxygens (including phenoxy) is 1. The molecule has 0 radical (unpaired) electrons. The van der Waals surface area contributed by atoms with Crippen LogP contribution in [-0.2, 0) is 16.1 Å². The van der Waals surface area contributed by atoms with Crippen LogP contribution in [-0.4, -0.2) is 40.9 Å². The zero-order chi connectivity index (χ0) is 26.9. The number of imide groups is 1. The van der Waals surface area contributed by atoms with Crippen LogP contribution in [0.3, 0.4) is 0 Å². The average Bonchev–Trinajstić information content (AvgIpc) is 3.28. The molecule has 3 atom stereocenters. The highest BCUT2D eigenvalue weighted by molar-refractivity contribution is 7.19. The number of halogens is 1. The predicted octanol–water partition coefficient (Wildman–Crippen LogP) is 6.43. The van der Waals surface area contributed by atoms with E-state index in [9.17, 15) is 9.59 Å². The highest BCUT2D eigenvalue weighted by Crippen LogP contribution is 2.63.